The Labute approximate surface area is 187 Å². The number of carbonyl (C=O) groups is 2. The highest BCUT2D eigenvalue weighted by Gasteiger charge is 2.43. The number of hydrogen-bond donors (Lipinski definition) is 1. The van der Waals surface area contributed by atoms with Crippen molar-refractivity contribution in [3.63, 3.8) is 0 Å². The summed E-state index contributed by atoms with van der Waals surface area (Å²) in [5.41, 5.74) is 4.22. The highest BCUT2D eigenvalue weighted by molar-refractivity contribution is 6.06. The van der Waals surface area contributed by atoms with Gasteiger partial charge < -0.3 is 9.73 Å². The van der Waals surface area contributed by atoms with Crippen molar-refractivity contribution in [2.24, 2.45) is 5.92 Å². The molecule has 5 heteroatoms. The number of nitrogens with zero attached hydrogens (tertiary/aromatic N) is 1. The number of benzene rings is 2. The highest BCUT2D eigenvalue weighted by Crippen LogP contribution is 2.47. The van der Waals surface area contributed by atoms with E-state index in [9.17, 15) is 9.59 Å². The number of allylic oxidation sites excluding steroid dienone is 1. The van der Waals surface area contributed by atoms with Crippen molar-refractivity contribution in [1.29, 1.82) is 0 Å². The van der Waals surface area contributed by atoms with Gasteiger partial charge in [0.25, 0.3) is 0 Å². The van der Waals surface area contributed by atoms with Crippen molar-refractivity contribution in [1.82, 2.24) is 0 Å². The summed E-state index contributed by atoms with van der Waals surface area (Å²) in [5, 5.41) is 3.53. The van der Waals surface area contributed by atoms with Crippen molar-refractivity contribution in [3.8, 4) is 0 Å². The Morgan fingerprint density at radius 3 is 2.47 bits per heavy atom. The molecule has 2 heterocycles. The lowest BCUT2D eigenvalue weighted by atomic mass is 9.79. The van der Waals surface area contributed by atoms with Crippen molar-refractivity contribution in [2.75, 3.05) is 10.2 Å². The molecule has 0 saturated carbocycles. The van der Waals surface area contributed by atoms with E-state index in [-0.39, 0.29) is 23.5 Å². The van der Waals surface area contributed by atoms with Crippen LogP contribution in [-0.4, -0.2) is 11.7 Å². The van der Waals surface area contributed by atoms with E-state index in [0.29, 0.717) is 24.2 Å². The molecule has 5 rings (SSSR count). The molecule has 1 aliphatic heterocycles. The third-order valence-electron chi connectivity index (χ3n) is 6.30. The minimum Gasteiger partial charge on any atom is -0.467 e. The van der Waals surface area contributed by atoms with E-state index in [1.807, 2.05) is 62.4 Å². The number of furan rings is 1. The molecule has 2 aromatic carbocycles. The molecule has 3 aromatic rings. The van der Waals surface area contributed by atoms with E-state index >= 15 is 0 Å². The van der Waals surface area contributed by atoms with Crippen LogP contribution < -0.4 is 10.2 Å². The van der Waals surface area contributed by atoms with Crippen molar-refractivity contribution < 1.29 is 14.0 Å². The number of ketones is 1. The number of amides is 1. The summed E-state index contributed by atoms with van der Waals surface area (Å²) in [4.78, 5) is 28.9. The molecule has 0 radical (unpaired) electrons. The molecule has 0 saturated heterocycles. The number of para-hydroxylation sites is 2. The van der Waals surface area contributed by atoms with E-state index < -0.39 is 6.04 Å². The van der Waals surface area contributed by atoms with Crippen LogP contribution in [0.1, 0.15) is 50.0 Å². The Morgan fingerprint density at radius 1 is 1.00 bits per heavy atom. The van der Waals surface area contributed by atoms with Gasteiger partial charge in [0.1, 0.15) is 11.8 Å². The molecule has 1 aliphatic carbocycles. The maximum Gasteiger partial charge on any atom is 0.230 e. The summed E-state index contributed by atoms with van der Waals surface area (Å²) in [6.07, 6.45) is 2.69. The quantitative estimate of drug-likeness (QED) is 0.572. The molecule has 1 aromatic heterocycles. The number of rotatable bonds is 3. The fourth-order valence-corrected chi connectivity index (χ4v) is 4.79. The first kappa shape index (κ1) is 20.3. The average molecular weight is 427 g/mol. The standard InChI is InChI=1S/C27H26N2O3/c1-17(2)27(31)29-22-12-7-6-11-20(22)28-21-15-19(18-9-4-3-5-10-18)16-23(30)25(21)26(29)24-13-8-14-32-24/h3-14,17,19,26,28H,15-16H2,1-2H3/t19-,26-/m0/s1. The van der Waals surface area contributed by atoms with Gasteiger partial charge in [-0.25, -0.2) is 0 Å². The lowest BCUT2D eigenvalue weighted by Crippen LogP contribution is -2.40. The second-order valence-electron chi connectivity index (χ2n) is 8.75. The molecule has 1 N–H and O–H groups in total. The Bertz CT molecular complexity index is 1180. The van der Waals surface area contributed by atoms with Gasteiger partial charge in [0.2, 0.25) is 5.91 Å². The molecule has 0 unspecified atom stereocenters. The summed E-state index contributed by atoms with van der Waals surface area (Å²) in [6.45, 7) is 3.76. The zero-order valence-corrected chi connectivity index (χ0v) is 18.2. The van der Waals surface area contributed by atoms with Crippen molar-refractivity contribution in [2.45, 2.75) is 38.6 Å². The van der Waals surface area contributed by atoms with Gasteiger partial charge in [0, 0.05) is 23.6 Å². The van der Waals surface area contributed by atoms with Crippen LogP contribution in [0.5, 0.6) is 0 Å². The molecule has 32 heavy (non-hydrogen) atoms. The zero-order valence-electron chi connectivity index (χ0n) is 18.2. The smallest absolute Gasteiger partial charge is 0.230 e. The Balaban J connectivity index is 1.70. The van der Waals surface area contributed by atoms with Crippen LogP contribution in [0.4, 0.5) is 11.4 Å². The maximum atomic E-state index is 13.7. The Morgan fingerprint density at radius 2 is 1.75 bits per heavy atom. The minimum atomic E-state index is -0.602. The first-order valence-electron chi connectivity index (χ1n) is 11.1. The zero-order chi connectivity index (χ0) is 22.2. The second-order valence-corrected chi connectivity index (χ2v) is 8.75. The number of hydrogen-bond acceptors (Lipinski definition) is 4. The molecule has 1 amide bonds. The molecule has 0 fully saturated rings. The van der Waals surface area contributed by atoms with Gasteiger partial charge in [-0.3, -0.25) is 14.5 Å². The van der Waals surface area contributed by atoms with Gasteiger partial charge >= 0.3 is 0 Å². The molecule has 5 nitrogen and oxygen atoms in total. The summed E-state index contributed by atoms with van der Waals surface area (Å²) < 4.78 is 5.80. The summed E-state index contributed by atoms with van der Waals surface area (Å²) in [5.74, 6) is 0.442. The minimum absolute atomic E-state index is 0.0448. The predicted octanol–water partition coefficient (Wildman–Crippen LogP) is 5.84. The van der Waals surface area contributed by atoms with Gasteiger partial charge in [-0.15, -0.1) is 0 Å². The third kappa shape index (κ3) is 3.44. The first-order chi connectivity index (χ1) is 15.5. The van der Waals surface area contributed by atoms with Gasteiger partial charge in [0.05, 0.1) is 17.6 Å². The maximum absolute atomic E-state index is 13.7. The number of Topliss-reactive ketones (excluding diaryl/α,β-unsaturated/α-hetero) is 1. The van der Waals surface area contributed by atoms with Crippen LogP contribution >= 0.6 is 0 Å². The molecule has 2 aliphatic rings. The van der Waals surface area contributed by atoms with Gasteiger partial charge in [-0.2, -0.15) is 0 Å². The van der Waals surface area contributed by atoms with Crippen LogP contribution in [-0.2, 0) is 9.59 Å². The number of fused-ring (bicyclic) bond motifs is 1. The molecule has 2 atom stereocenters. The normalized spacial score (nSPS) is 20.5. The monoisotopic (exact) mass is 426 g/mol. The van der Waals surface area contributed by atoms with Crippen LogP contribution in [0.25, 0.3) is 0 Å². The SMILES string of the molecule is CC(C)C(=O)N1c2ccccc2NC2=C(C(=O)C[C@@H](c3ccccc3)C2)[C@@H]1c1ccco1. The Hall–Kier alpha value is -3.60. The predicted molar refractivity (Wildman–Crippen MR) is 124 cm³/mol. The van der Waals surface area contributed by atoms with Crippen LogP contribution in [0.15, 0.2) is 88.7 Å². The first-order valence-corrected chi connectivity index (χ1v) is 11.1. The Kier molecular flexibility index (Phi) is 5.17. The summed E-state index contributed by atoms with van der Waals surface area (Å²) in [6, 6.07) is 20.9. The van der Waals surface area contributed by atoms with E-state index in [1.165, 1.54) is 0 Å². The van der Waals surface area contributed by atoms with Crippen LogP contribution in [0.2, 0.25) is 0 Å². The topological polar surface area (TPSA) is 62.6 Å². The van der Waals surface area contributed by atoms with Crippen LogP contribution in [0, 0.1) is 5.92 Å². The van der Waals surface area contributed by atoms with E-state index in [0.717, 1.165) is 22.6 Å². The largest absolute Gasteiger partial charge is 0.467 e. The molecular formula is C27H26N2O3. The summed E-state index contributed by atoms with van der Waals surface area (Å²) in [7, 11) is 0. The van der Waals surface area contributed by atoms with E-state index in [1.54, 1.807) is 17.2 Å². The molecule has 0 bridgehead atoms. The molecular weight excluding hydrogens is 400 g/mol. The number of nitrogens with one attached hydrogen (secondary N) is 1. The highest BCUT2D eigenvalue weighted by atomic mass is 16.3. The van der Waals surface area contributed by atoms with Gasteiger partial charge in [0.15, 0.2) is 5.78 Å². The number of anilines is 2. The fourth-order valence-electron chi connectivity index (χ4n) is 4.79. The second kappa shape index (κ2) is 8.15. The van der Waals surface area contributed by atoms with E-state index in [4.69, 9.17) is 4.42 Å². The van der Waals surface area contributed by atoms with E-state index in [2.05, 4.69) is 17.4 Å². The van der Waals surface area contributed by atoms with Gasteiger partial charge in [-0.05, 0) is 42.2 Å². The average Bonchev–Trinajstić information content (AvgIpc) is 3.28. The molecule has 0 spiro atoms. The fraction of sp³-hybridized carbons (Fsp3) is 0.259. The van der Waals surface area contributed by atoms with Crippen molar-refractivity contribution in [3.05, 3.63) is 95.6 Å². The molecule has 162 valence electrons. The van der Waals surface area contributed by atoms with Crippen LogP contribution in [0.3, 0.4) is 0 Å². The van der Waals surface area contributed by atoms with Gasteiger partial charge in [-0.1, -0.05) is 56.3 Å². The van der Waals surface area contributed by atoms with Crippen molar-refractivity contribution >= 4 is 23.1 Å². The number of carbonyl (C=O) groups excluding carboxylic acids is 2. The summed E-state index contributed by atoms with van der Waals surface area (Å²) >= 11 is 0. The lowest BCUT2D eigenvalue weighted by Gasteiger charge is -2.34. The lowest BCUT2D eigenvalue weighted by molar-refractivity contribution is -0.122. The third-order valence-corrected chi connectivity index (χ3v) is 6.30.